The van der Waals surface area contributed by atoms with Gasteiger partial charge in [0.2, 0.25) is 0 Å². The largest absolute Gasteiger partial charge is 0.394 e. The van der Waals surface area contributed by atoms with Gasteiger partial charge in [0.05, 0.1) is 17.5 Å². The van der Waals surface area contributed by atoms with Gasteiger partial charge in [0, 0.05) is 7.05 Å². The Morgan fingerprint density at radius 1 is 1.58 bits per heavy atom. The van der Waals surface area contributed by atoms with E-state index in [1.807, 2.05) is 20.9 Å². The maximum absolute atomic E-state index is 5.75. The Kier molecular flexibility index (Phi) is 2.23. The molecule has 0 saturated heterocycles. The number of nitrogen functional groups attached to an aromatic ring is 1. The van der Waals surface area contributed by atoms with Gasteiger partial charge in [0.1, 0.15) is 5.82 Å². The number of anilines is 2. The molecule has 1 aromatic heterocycles. The highest BCUT2D eigenvalue weighted by Gasteiger charge is 2.09. The monoisotopic (exact) mass is 169 g/mol. The van der Waals surface area contributed by atoms with Gasteiger partial charge in [-0.15, -0.1) is 0 Å². The van der Waals surface area contributed by atoms with Crippen LogP contribution in [0.5, 0.6) is 0 Å². The maximum atomic E-state index is 5.75. The van der Waals surface area contributed by atoms with Crippen molar-refractivity contribution >= 4 is 11.5 Å². The summed E-state index contributed by atoms with van der Waals surface area (Å²) >= 11 is 0. The van der Waals surface area contributed by atoms with Gasteiger partial charge in [-0.3, -0.25) is 4.68 Å². The Morgan fingerprint density at radius 2 is 2.17 bits per heavy atom. The molecular formula is C7H15N5. The molecule has 1 aromatic rings. The molecule has 0 radical (unpaired) electrons. The lowest BCUT2D eigenvalue weighted by atomic mass is 10.4. The van der Waals surface area contributed by atoms with Crippen LogP contribution >= 0.6 is 0 Å². The third kappa shape index (κ3) is 1.50. The van der Waals surface area contributed by atoms with Crippen molar-refractivity contribution < 1.29 is 0 Å². The van der Waals surface area contributed by atoms with Crippen LogP contribution in [0.25, 0.3) is 0 Å². The molecule has 5 N–H and O–H groups in total. The van der Waals surface area contributed by atoms with Crippen LogP contribution in [0, 0.1) is 6.92 Å². The van der Waals surface area contributed by atoms with Crippen LogP contribution in [0.4, 0.5) is 11.5 Å². The van der Waals surface area contributed by atoms with Crippen LogP contribution < -0.4 is 16.8 Å². The van der Waals surface area contributed by atoms with E-state index in [9.17, 15) is 0 Å². The zero-order valence-electron chi connectivity index (χ0n) is 7.63. The Hall–Kier alpha value is -1.23. The minimum atomic E-state index is -0.123. The molecule has 1 rings (SSSR count). The molecule has 1 heterocycles. The number of hydrogen-bond acceptors (Lipinski definition) is 4. The van der Waals surface area contributed by atoms with E-state index >= 15 is 0 Å². The third-order valence-corrected chi connectivity index (χ3v) is 1.63. The lowest BCUT2D eigenvalue weighted by Gasteiger charge is -2.10. The minimum absolute atomic E-state index is 0.123. The molecule has 1 atom stereocenters. The van der Waals surface area contributed by atoms with E-state index in [-0.39, 0.29) is 6.17 Å². The molecular weight excluding hydrogens is 154 g/mol. The fourth-order valence-corrected chi connectivity index (χ4v) is 1.06. The van der Waals surface area contributed by atoms with Gasteiger partial charge < -0.3 is 16.8 Å². The molecule has 0 aliphatic rings. The Morgan fingerprint density at radius 3 is 2.50 bits per heavy atom. The molecule has 0 aromatic carbocycles. The van der Waals surface area contributed by atoms with Crippen LogP contribution in [0.1, 0.15) is 12.6 Å². The van der Waals surface area contributed by atoms with E-state index in [0.29, 0.717) is 5.69 Å². The number of nitrogens with two attached hydrogens (primary N) is 2. The molecule has 0 aliphatic heterocycles. The number of aryl methyl sites for hydroxylation is 2. The maximum Gasteiger partial charge on any atom is 0.148 e. The number of nitrogens with zero attached hydrogens (tertiary/aromatic N) is 2. The molecule has 0 fully saturated rings. The van der Waals surface area contributed by atoms with Crippen LogP contribution in [0.3, 0.4) is 0 Å². The Bertz CT molecular complexity index is 276. The standard InChI is InChI=1S/C7H15N5/c1-4-6(9)7(10-5(2)8)12(3)11-4/h5,10H,8-9H2,1-3H3. The molecule has 68 valence electrons. The first-order valence-corrected chi connectivity index (χ1v) is 3.83. The zero-order valence-corrected chi connectivity index (χ0v) is 7.63. The van der Waals surface area contributed by atoms with Gasteiger partial charge in [-0.05, 0) is 13.8 Å². The molecule has 0 aliphatic carbocycles. The summed E-state index contributed by atoms with van der Waals surface area (Å²) in [6.45, 7) is 3.71. The second-order valence-corrected chi connectivity index (χ2v) is 2.90. The van der Waals surface area contributed by atoms with Crippen molar-refractivity contribution in [3.05, 3.63) is 5.69 Å². The highest BCUT2D eigenvalue weighted by Crippen LogP contribution is 2.20. The van der Waals surface area contributed by atoms with Crippen molar-refractivity contribution in [3.8, 4) is 0 Å². The van der Waals surface area contributed by atoms with Gasteiger partial charge >= 0.3 is 0 Å². The molecule has 12 heavy (non-hydrogen) atoms. The highest BCUT2D eigenvalue weighted by atomic mass is 15.3. The van der Waals surface area contributed by atoms with E-state index in [1.54, 1.807) is 4.68 Å². The highest BCUT2D eigenvalue weighted by molar-refractivity contribution is 5.64. The summed E-state index contributed by atoms with van der Waals surface area (Å²) in [4.78, 5) is 0. The summed E-state index contributed by atoms with van der Waals surface area (Å²) in [7, 11) is 1.83. The normalized spacial score (nSPS) is 13.0. The number of rotatable bonds is 2. The van der Waals surface area contributed by atoms with Crippen molar-refractivity contribution in [2.75, 3.05) is 11.1 Å². The van der Waals surface area contributed by atoms with Crippen LogP contribution in [0.15, 0.2) is 0 Å². The molecule has 0 amide bonds. The molecule has 0 spiro atoms. The van der Waals surface area contributed by atoms with Gasteiger partial charge in [-0.1, -0.05) is 0 Å². The first-order valence-electron chi connectivity index (χ1n) is 3.83. The van der Waals surface area contributed by atoms with E-state index < -0.39 is 0 Å². The van der Waals surface area contributed by atoms with E-state index in [1.165, 1.54) is 0 Å². The first kappa shape index (κ1) is 8.86. The second kappa shape index (κ2) is 3.02. The second-order valence-electron chi connectivity index (χ2n) is 2.90. The topological polar surface area (TPSA) is 81.9 Å². The summed E-state index contributed by atoms with van der Waals surface area (Å²) in [6.07, 6.45) is -0.123. The van der Waals surface area contributed by atoms with Crippen LogP contribution in [0.2, 0.25) is 0 Å². The fraction of sp³-hybridized carbons (Fsp3) is 0.571. The van der Waals surface area contributed by atoms with Crippen molar-refractivity contribution in [2.24, 2.45) is 12.8 Å². The average Bonchev–Trinajstić information content (AvgIpc) is 2.16. The predicted octanol–water partition coefficient (Wildman–Crippen LogP) is 0.0273. The van der Waals surface area contributed by atoms with E-state index in [0.717, 1.165) is 11.5 Å². The fourth-order valence-electron chi connectivity index (χ4n) is 1.06. The average molecular weight is 169 g/mol. The minimum Gasteiger partial charge on any atom is -0.394 e. The predicted molar refractivity (Wildman–Crippen MR) is 49.6 cm³/mol. The van der Waals surface area contributed by atoms with E-state index in [2.05, 4.69) is 10.4 Å². The SMILES string of the molecule is Cc1nn(C)c(NC(C)N)c1N. The first-order chi connectivity index (χ1) is 5.52. The van der Waals surface area contributed by atoms with Crippen LogP contribution in [-0.2, 0) is 7.05 Å². The van der Waals surface area contributed by atoms with Gasteiger partial charge in [-0.2, -0.15) is 5.10 Å². The molecule has 5 nitrogen and oxygen atoms in total. The smallest absolute Gasteiger partial charge is 0.148 e. The summed E-state index contributed by atoms with van der Waals surface area (Å²) in [5.74, 6) is 0.780. The van der Waals surface area contributed by atoms with Crippen LogP contribution in [-0.4, -0.2) is 15.9 Å². The van der Waals surface area contributed by atoms with E-state index in [4.69, 9.17) is 11.5 Å². The number of nitrogens with one attached hydrogen (secondary N) is 1. The lowest BCUT2D eigenvalue weighted by Crippen LogP contribution is -2.26. The summed E-state index contributed by atoms with van der Waals surface area (Å²) in [5.41, 5.74) is 12.8. The van der Waals surface area contributed by atoms with Gasteiger partial charge in [-0.25, -0.2) is 0 Å². The van der Waals surface area contributed by atoms with Crippen molar-refractivity contribution in [2.45, 2.75) is 20.0 Å². The van der Waals surface area contributed by atoms with Crippen molar-refractivity contribution in [1.82, 2.24) is 9.78 Å². The molecule has 0 saturated carbocycles. The Labute approximate surface area is 71.7 Å². The molecule has 5 heteroatoms. The van der Waals surface area contributed by atoms with Crippen molar-refractivity contribution in [1.29, 1.82) is 0 Å². The zero-order chi connectivity index (χ0) is 9.30. The summed E-state index contributed by atoms with van der Waals surface area (Å²) in [5, 5.41) is 7.15. The summed E-state index contributed by atoms with van der Waals surface area (Å²) in [6, 6.07) is 0. The van der Waals surface area contributed by atoms with Gasteiger partial charge in [0.15, 0.2) is 0 Å². The van der Waals surface area contributed by atoms with Gasteiger partial charge in [0.25, 0.3) is 0 Å². The summed E-state index contributed by atoms with van der Waals surface area (Å²) < 4.78 is 1.69. The lowest BCUT2D eigenvalue weighted by molar-refractivity contribution is 0.738. The number of aromatic nitrogens is 2. The molecule has 1 unspecified atom stereocenters. The molecule has 0 bridgehead atoms. The number of hydrogen-bond donors (Lipinski definition) is 3. The Balaban J connectivity index is 2.97. The third-order valence-electron chi connectivity index (χ3n) is 1.63. The van der Waals surface area contributed by atoms with Crippen molar-refractivity contribution in [3.63, 3.8) is 0 Å². The quantitative estimate of drug-likeness (QED) is 0.545.